The van der Waals surface area contributed by atoms with E-state index in [1.165, 1.54) is 0 Å². The predicted octanol–water partition coefficient (Wildman–Crippen LogP) is 3.00. The molecular weight excluding hydrogens is 453 g/mol. The van der Waals surface area contributed by atoms with Crippen LogP contribution in [0, 0.1) is 12.3 Å². The summed E-state index contributed by atoms with van der Waals surface area (Å²) in [6.07, 6.45) is 4.52. The van der Waals surface area contributed by atoms with Crippen molar-refractivity contribution in [3.8, 4) is 11.4 Å². The van der Waals surface area contributed by atoms with Crippen LogP contribution in [0.3, 0.4) is 0 Å². The summed E-state index contributed by atoms with van der Waals surface area (Å²) in [5.41, 5.74) is 4.29. The van der Waals surface area contributed by atoms with E-state index < -0.39 is 6.17 Å². The van der Waals surface area contributed by atoms with Crippen molar-refractivity contribution in [2.24, 2.45) is 5.41 Å². The highest BCUT2D eigenvalue weighted by Gasteiger charge is 2.49. The molecule has 0 radical (unpaired) electrons. The second-order valence-electron chi connectivity index (χ2n) is 9.75. The van der Waals surface area contributed by atoms with Crippen LogP contribution >= 0.6 is 0 Å². The quantitative estimate of drug-likeness (QED) is 0.469. The van der Waals surface area contributed by atoms with Gasteiger partial charge in [-0.05, 0) is 31.5 Å². The van der Waals surface area contributed by atoms with E-state index in [1.54, 1.807) is 29.9 Å². The number of carbonyl (C=O) groups excluding carboxylic acids is 1. The van der Waals surface area contributed by atoms with Gasteiger partial charge in [0.25, 0.3) is 5.91 Å². The fourth-order valence-electron chi connectivity index (χ4n) is 4.75. The van der Waals surface area contributed by atoms with E-state index in [-0.39, 0.29) is 11.8 Å². The van der Waals surface area contributed by atoms with Gasteiger partial charge in [0.05, 0.1) is 53.2 Å². The van der Waals surface area contributed by atoms with Crippen molar-refractivity contribution in [1.82, 2.24) is 24.7 Å². The number of aromatic nitrogens is 5. The van der Waals surface area contributed by atoms with Crippen LogP contribution in [-0.4, -0.2) is 63.1 Å². The first-order chi connectivity index (χ1) is 17.0. The van der Waals surface area contributed by atoms with Crippen LogP contribution in [0.4, 0.5) is 15.8 Å². The molecule has 6 heterocycles. The fraction of sp³-hybridized carbons (Fsp3) is 0.375. The van der Waals surface area contributed by atoms with Crippen molar-refractivity contribution in [3.05, 3.63) is 53.9 Å². The van der Waals surface area contributed by atoms with Gasteiger partial charge in [0, 0.05) is 36.7 Å². The number of alkyl halides is 1. The standard InChI is InChI=1S/C24H22FN7O3/c1-13-19(4-14(7-26-13)21-29-23(35-30-21)16-6-18(16)25)28-22(33)17-8-27-32-3-2-15(5-20(17)32)31-9-24(10-31)11-34-12-24/h2-5,7-8,16,18H,6,9-12H2,1H3,(H,28,33)/t16-,18-/m0/s1. The van der Waals surface area contributed by atoms with Gasteiger partial charge < -0.3 is 19.5 Å². The molecule has 1 amide bonds. The first kappa shape index (κ1) is 20.5. The molecule has 178 valence electrons. The minimum absolute atomic E-state index is 0.291. The zero-order valence-electron chi connectivity index (χ0n) is 18.9. The zero-order valence-corrected chi connectivity index (χ0v) is 18.9. The van der Waals surface area contributed by atoms with Gasteiger partial charge in [0.15, 0.2) is 0 Å². The Kier molecular flexibility index (Phi) is 4.29. The van der Waals surface area contributed by atoms with Crippen LogP contribution in [0.1, 0.15) is 34.3 Å². The molecule has 3 aliphatic rings. The number of hydrogen-bond donors (Lipinski definition) is 1. The monoisotopic (exact) mass is 475 g/mol. The van der Waals surface area contributed by atoms with Crippen LogP contribution in [-0.2, 0) is 4.74 Å². The lowest BCUT2D eigenvalue weighted by molar-refractivity contribution is -0.127. The van der Waals surface area contributed by atoms with Gasteiger partial charge in [-0.15, -0.1) is 0 Å². The molecule has 0 bridgehead atoms. The molecule has 3 fully saturated rings. The Morgan fingerprint density at radius 3 is 2.83 bits per heavy atom. The number of carbonyl (C=O) groups is 1. The van der Waals surface area contributed by atoms with E-state index in [2.05, 4.69) is 30.4 Å². The molecule has 10 nitrogen and oxygen atoms in total. The number of fused-ring (bicyclic) bond motifs is 1. The Balaban J connectivity index is 1.13. The average Bonchev–Trinajstić information content (AvgIpc) is 3.19. The second kappa shape index (κ2) is 7.32. The van der Waals surface area contributed by atoms with Crippen LogP contribution in [0.15, 0.2) is 41.3 Å². The average molecular weight is 475 g/mol. The van der Waals surface area contributed by atoms with E-state index in [9.17, 15) is 9.18 Å². The molecule has 1 aliphatic carbocycles. The molecule has 4 aromatic rings. The zero-order chi connectivity index (χ0) is 23.7. The van der Waals surface area contributed by atoms with Gasteiger partial charge in [-0.25, -0.2) is 8.91 Å². The maximum atomic E-state index is 13.3. The van der Waals surface area contributed by atoms with E-state index in [1.807, 2.05) is 18.3 Å². The molecular formula is C24H22FN7O3. The minimum Gasteiger partial charge on any atom is -0.380 e. The van der Waals surface area contributed by atoms with Crippen LogP contribution < -0.4 is 10.2 Å². The van der Waals surface area contributed by atoms with Crippen molar-refractivity contribution in [1.29, 1.82) is 0 Å². The normalized spacial score (nSPS) is 22.2. The van der Waals surface area contributed by atoms with Crippen LogP contribution in [0.25, 0.3) is 16.9 Å². The summed E-state index contributed by atoms with van der Waals surface area (Å²) in [5, 5.41) is 11.2. The van der Waals surface area contributed by atoms with E-state index in [0.717, 1.165) is 37.5 Å². The number of anilines is 2. The van der Waals surface area contributed by atoms with Gasteiger partial charge in [0.1, 0.15) is 6.17 Å². The first-order valence-corrected chi connectivity index (χ1v) is 11.5. The smallest absolute Gasteiger partial charge is 0.259 e. The third-order valence-electron chi connectivity index (χ3n) is 7.05. The molecule has 1 saturated carbocycles. The highest BCUT2D eigenvalue weighted by atomic mass is 19.1. The number of nitrogens with zero attached hydrogens (tertiary/aromatic N) is 6. The predicted molar refractivity (Wildman–Crippen MR) is 123 cm³/mol. The summed E-state index contributed by atoms with van der Waals surface area (Å²) in [5.74, 6) is -0.0115. The van der Waals surface area contributed by atoms with E-state index in [0.29, 0.717) is 46.1 Å². The summed E-state index contributed by atoms with van der Waals surface area (Å²) in [6.45, 7) is 5.36. The third-order valence-corrected chi connectivity index (χ3v) is 7.05. The molecule has 2 saturated heterocycles. The number of aryl methyl sites for hydroxylation is 1. The maximum absolute atomic E-state index is 13.3. The fourth-order valence-corrected chi connectivity index (χ4v) is 4.75. The first-order valence-electron chi connectivity index (χ1n) is 11.5. The Hall–Kier alpha value is -3.86. The molecule has 7 rings (SSSR count). The molecule has 35 heavy (non-hydrogen) atoms. The topological polar surface area (TPSA) is 111 Å². The van der Waals surface area contributed by atoms with Crippen molar-refractivity contribution < 1.29 is 18.4 Å². The lowest BCUT2D eigenvalue weighted by Gasteiger charge is -2.56. The summed E-state index contributed by atoms with van der Waals surface area (Å²) in [6, 6.07) is 5.75. The van der Waals surface area contributed by atoms with Crippen molar-refractivity contribution in [2.75, 3.05) is 36.5 Å². The van der Waals surface area contributed by atoms with Crippen molar-refractivity contribution in [3.63, 3.8) is 0 Å². The molecule has 0 aromatic carbocycles. The number of amides is 1. The third kappa shape index (κ3) is 3.37. The summed E-state index contributed by atoms with van der Waals surface area (Å²) < 4.78 is 25.6. The summed E-state index contributed by atoms with van der Waals surface area (Å²) in [7, 11) is 0. The van der Waals surface area contributed by atoms with Gasteiger partial charge >= 0.3 is 0 Å². The van der Waals surface area contributed by atoms with Crippen LogP contribution in [0.2, 0.25) is 0 Å². The molecule has 0 unspecified atom stereocenters. The molecule has 11 heteroatoms. The largest absolute Gasteiger partial charge is 0.380 e. The summed E-state index contributed by atoms with van der Waals surface area (Å²) >= 11 is 0. The van der Waals surface area contributed by atoms with E-state index >= 15 is 0 Å². The highest BCUT2D eigenvalue weighted by Crippen LogP contribution is 2.43. The maximum Gasteiger partial charge on any atom is 0.259 e. The minimum atomic E-state index is -0.921. The lowest BCUT2D eigenvalue weighted by atomic mass is 9.78. The lowest BCUT2D eigenvalue weighted by Crippen LogP contribution is -2.66. The van der Waals surface area contributed by atoms with Gasteiger partial charge in [-0.2, -0.15) is 10.1 Å². The van der Waals surface area contributed by atoms with Gasteiger partial charge in [-0.3, -0.25) is 9.78 Å². The van der Waals surface area contributed by atoms with E-state index in [4.69, 9.17) is 9.26 Å². The molecule has 4 aromatic heterocycles. The Morgan fingerprint density at radius 2 is 2.09 bits per heavy atom. The number of rotatable bonds is 5. The number of pyridine rings is 2. The molecule has 2 aliphatic heterocycles. The van der Waals surface area contributed by atoms with Crippen molar-refractivity contribution in [2.45, 2.75) is 25.4 Å². The number of hydrogen-bond acceptors (Lipinski definition) is 8. The number of halogens is 1. The van der Waals surface area contributed by atoms with Crippen LogP contribution in [0.5, 0.6) is 0 Å². The van der Waals surface area contributed by atoms with Gasteiger partial charge in [0.2, 0.25) is 11.7 Å². The summed E-state index contributed by atoms with van der Waals surface area (Å²) in [4.78, 5) is 24.2. The number of nitrogens with one attached hydrogen (secondary N) is 1. The Labute approximate surface area is 199 Å². The molecule has 1 spiro atoms. The number of ether oxygens (including phenoxy) is 1. The Morgan fingerprint density at radius 1 is 1.26 bits per heavy atom. The SMILES string of the molecule is Cc1ncc(-c2noc([C@H]3C[C@@H]3F)n2)cc1NC(=O)c1cnn2ccc(N3CC4(COC4)C3)cc12. The van der Waals surface area contributed by atoms with Gasteiger partial charge in [-0.1, -0.05) is 5.16 Å². The molecule has 2 atom stereocenters. The van der Waals surface area contributed by atoms with Crippen molar-refractivity contribution >= 4 is 22.8 Å². The highest BCUT2D eigenvalue weighted by molar-refractivity contribution is 6.09. The Bertz CT molecular complexity index is 1470. The molecule has 1 N–H and O–H groups in total. The second-order valence-corrected chi connectivity index (χ2v) is 9.75.